The van der Waals surface area contributed by atoms with Crippen molar-refractivity contribution >= 4 is 0 Å². The molecule has 0 aromatic carbocycles. The molecule has 3 heteroatoms. The number of aliphatic hydroxyl groups is 2. The summed E-state index contributed by atoms with van der Waals surface area (Å²) in [6, 6.07) is 0. The number of aliphatic hydroxyl groups excluding tert-OH is 2. The zero-order valence-electron chi connectivity index (χ0n) is 4.39. The second-order valence-corrected chi connectivity index (χ2v) is 1.24. The molecule has 0 bridgehead atoms. The topological polar surface area (TPSA) is 72.0 Å². The van der Waals surface area contributed by atoms with Gasteiger partial charge in [0.25, 0.3) is 0 Å². The molecule has 0 fully saturated rings. The van der Waals surface area contributed by atoms with E-state index in [9.17, 15) is 0 Å². The fraction of sp³-hybridized carbons (Fsp3) is 1.00. The molecule has 0 radical (unpaired) electrons. The third-order valence-corrected chi connectivity index (χ3v) is 0.682. The van der Waals surface area contributed by atoms with E-state index in [1.165, 1.54) is 0 Å². The predicted octanol–water partition coefficient (Wildman–Crippen LogP) is -1.08. The van der Waals surface area contributed by atoms with Crippen molar-refractivity contribution in [3.8, 4) is 0 Å². The molecule has 3 nitrogen and oxygen atoms in total. The summed E-state index contributed by atoms with van der Waals surface area (Å²) in [4.78, 5) is 0. The highest BCUT2D eigenvalue weighted by Crippen LogP contribution is 1.83. The van der Waals surface area contributed by atoms with Gasteiger partial charge in [-0.15, -0.1) is 0 Å². The number of hydrogen-bond donors (Lipinski definition) is 2. The zero-order valence-corrected chi connectivity index (χ0v) is 4.39. The van der Waals surface area contributed by atoms with Crippen molar-refractivity contribution in [1.29, 1.82) is 0 Å². The molecule has 46 valence electrons. The zero-order chi connectivity index (χ0) is 4.99. The van der Waals surface area contributed by atoms with Crippen LogP contribution in [0.15, 0.2) is 0 Å². The first-order valence-electron chi connectivity index (χ1n) is 2.10. The van der Waals surface area contributed by atoms with E-state index in [1.807, 2.05) is 6.92 Å². The van der Waals surface area contributed by atoms with Crippen LogP contribution in [0.2, 0.25) is 0 Å². The summed E-state index contributed by atoms with van der Waals surface area (Å²) in [5.74, 6) is 0. The van der Waals surface area contributed by atoms with Crippen molar-refractivity contribution in [2.75, 3.05) is 6.61 Å². The van der Waals surface area contributed by atoms with E-state index in [2.05, 4.69) is 0 Å². The van der Waals surface area contributed by atoms with Gasteiger partial charge in [0.15, 0.2) is 0 Å². The first kappa shape index (κ1) is 9.99. The van der Waals surface area contributed by atoms with Gasteiger partial charge >= 0.3 is 0 Å². The van der Waals surface area contributed by atoms with Crippen molar-refractivity contribution in [2.24, 2.45) is 0 Å². The summed E-state index contributed by atoms with van der Waals surface area (Å²) < 4.78 is 0. The van der Waals surface area contributed by atoms with Gasteiger partial charge in [-0.25, -0.2) is 0 Å². The van der Waals surface area contributed by atoms with Crippen LogP contribution < -0.4 is 0 Å². The highest BCUT2D eigenvalue weighted by molar-refractivity contribution is 4.43. The van der Waals surface area contributed by atoms with Crippen molar-refractivity contribution < 1.29 is 15.7 Å². The largest absolute Gasteiger partial charge is 0.412 e. The SMILES string of the molecule is CC[C@H](O)CO.O. The Morgan fingerprint density at radius 3 is 2.00 bits per heavy atom. The van der Waals surface area contributed by atoms with E-state index >= 15 is 0 Å². The Bertz CT molecular complexity index is 26.1. The van der Waals surface area contributed by atoms with Crippen LogP contribution in [0.4, 0.5) is 0 Å². The van der Waals surface area contributed by atoms with E-state index in [-0.39, 0.29) is 12.1 Å². The molecule has 0 unspecified atom stereocenters. The van der Waals surface area contributed by atoms with Gasteiger partial charge in [-0.2, -0.15) is 0 Å². The summed E-state index contributed by atoms with van der Waals surface area (Å²) in [6.07, 6.45) is 0.126. The quantitative estimate of drug-likeness (QED) is 0.472. The smallest absolute Gasteiger partial charge is 0.0768 e. The van der Waals surface area contributed by atoms with Gasteiger partial charge < -0.3 is 15.7 Å². The maximum Gasteiger partial charge on any atom is 0.0768 e. The summed E-state index contributed by atoms with van der Waals surface area (Å²) in [5.41, 5.74) is 0. The third-order valence-electron chi connectivity index (χ3n) is 0.682. The lowest BCUT2D eigenvalue weighted by molar-refractivity contribution is 0.0923. The molecule has 0 saturated carbocycles. The minimum atomic E-state index is -0.509. The van der Waals surface area contributed by atoms with Crippen molar-refractivity contribution in [2.45, 2.75) is 19.4 Å². The Labute approximate surface area is 42.9 Å². The third kappa shape index (κ3) is 5.88. The standard InChI is InChI=1S/C4H10O2.H2O/c1-2-4(6)3-5;/h4-6H,2-3H2,1H3;1H2/t4-;/m0./s1. The van der Waals surface area contributed by atoms with Gasteiger partial charge in [-0.05, 0) is 6.42 Å². The Morgan fingerprint density at radius 1 is 1.57 bits per heavy atom. The summed E-state index contributed by atoms with van der Waals surface area (Å²) in [7, 11) is 0. The minimum Gasteiger partial charge on any atom is -0.412 e. The first-order chi connectivity index (χ1) is 2.81. The summed E-state index contributed by atoms with van der Waals surface area (Å²) in [6.45, 7) is 1.71. The lowest BCUT2D eigenvalue weighted by Crippen LogP contribution is -2.08. The van der Waals surface area contributed by atoms with Crippen molar-refractivity contribution in [1.82, 2.24) is 0 Å². The first-order valence-corrected chi connectivity index (χ1v) is 2.10. The molecule has 0 aliphatic carbocycles. The van der Waals surface area contributed by atoms with Crippen molar-refractivity contribution in [3.05, 3.63) is 0 Å². The van der Waals surface area contributed by atoms with E-state index in [0.29, 0.717) is 6.42 Å². The molecule has 0 saturated heterocycles. The van der Waals surface area contributed by atoms with Gasteiger partial charge in [0, 0.05) is 0 Å². The molecule has 0 aliphatic rings. The average Bonchev–Trinajstić information content (AvgIpc) is 1.65. The average molecular weight is 108 g/mol. The Balaban J connectivity index is 0. The van der Waals surface area contributed by atoms with Crippen LogP contribution in [0.3, 0.4) is 0 Å². The summed E-state index contributed by atoms with van der Waals surface area (Å²) in [5, 5.41) is 16.5. The fourth-order valence-corrected chi connectivity index (χ4v) is 0.129. The Kier molecular flexibility index (Phi) is 8.39. The molecule has 0 aromatic rings. The molecule has 0 rings (SSSR count). The van der Waals surface area contributed by atoms with Crippen LogP contribution in [-0.2, 0) is 0 Å². The minimum absolute atomic E-state index is 0. The fourth-order valence-electron chi connectivity index (χ4n) is 0.129. The second-order valence-electron chi connectivity index (χ2n) is 1.24. The van der Waals surface area contributed by atoms with Crippen LogP contribution in [0.5, 0.6) is 0 Å². The van der Waals surface area contributed by atoms with Gasteiger partial charge in [0.05, 0.1) is 12.7 Å². The normalized spacial score (nSPS) is 12.4. The van der Waals surface area contributed by atoms with Gasteiger partial charge in [-0.1, -0.05) is 6.92 Å². The molecule has 7 heavy (non-hydrogen) atoms. The van der Waals surface area contributed by atoms with Crippen LogP contribution in [-0.4, -0.2) is 28.4 Å². The lowest BCUT2D eigenvalue weighted by Gasteiger charge is -1.97. The Morgan fingerprint density at radius 2 is 2.00 bits per heavy atom. The van der Waals surface area contributed by atoms with E-state index in [1.54, 1.807) is 0 Å². The lowest BCUT2D eigenvalue weighted by atomic mass is 10.3. The van der Waals surface area contributed by atoms with Crippen molar-refractivity contribution in [3.63, 3.8) is 0 Å². The molecule has 1 atom stereocenters. The molecular formula is C4H12O3. The number of rotatable bonds is 2. The highest BCUT2D eigenvalue weighted by Gasteiger charge is 1.92. The van der Waals surface area contributed by atoms with Gasteiger partial charge in [0.1, 0.15) is 0 Å². The van der Waals surface area contributed by atoms with Gasteiger partial charge in [-0.3, -0.25) is 0 Å². The molecular weight excluding hydrogens is 96.0 g/mol. The second kappa shape index (κ2) is 5.88. The van der Waals surface area contributed by atoms with E-state index in [4.69, 9.17) is 10.2 Å². The van der Waals surface area contributed by atoms with Crippen LogP contribution in [0.25, 0.3) is 0 Å². The molecule has 0 amide bonds. The molecule has 4 N–H and O–H groups in total. The maximum absolute atomic E-state index is 8.42. The maximum atomic E-state index is 8.42. The number of hydrogen-bond acceptors (Lipinski definition) is 2. The van der Waals surface area contributed by atoms with E-state index in [0.717, 1.165) is 0 Å². The van der Waals surface area contributed by atoms with Crippen LogP contribution >= 0.6 is 0 Å². The predicted molar refractivity (Wildman–Crippen MR) is 27.0 cm³/mol. The highest BCUT2D eigenvalue weighted by atomic mass is 16.3. The van der Waals surface area contributed by atoms with E-state index < -0.39 is 6.10 Å². The Hall–Kier alpha value is -0.120. The molecule has 0 aliphatic heterocycles. The molecule has 0 aromatic heterocycles. The van der Waals surface area contributed by atoms with Crippen LogP contribution in [0, 0.1) is 0 Å². The summed E-state index contributed by atoms with van der Waals surface area (Å²) >= 11 is 0. The van der Waals surface area contributed by atoms with Crippen LogP contribution in [0.1, 0.15) is 13.3 Å². The van der Waals surface area contributed by atoms with Gasteiger partial charge in [0.2, 0.25) is 0 Å². The monoisotopic (exact) mass is 108 g/mol. The molecule has 0 heterocycles. The molecule has 0 spiro atoms.